The zero-order valence-corrected chi connectivity index (χ0v) is 26.4. The van der Waals surface area contributed by atoms with E-state index >= 15 is 0 Å². The van der Waals surface area contributed by atoms with Crippen LogP contribution in [-0.2, 0) is 0 Å². The zero-order chi connectivity index (χ0) is 31.6. The number of furan rings is 1. The molecule has 5 heteroatoms. The molecule has 0 radical (unpaired) electrons. The van der Waals surface area contributed by atoms with Crippen LogP contribution in [0, 0.1) is 0 Å². The van der Waals surface area contributed by atoms with Crippen LogP contribution >= 0.6 is 11.3 Å². The third-order valence-corrected chi connectivity index (χ3v) is 10.2. The van der Waals surface area contributed by atoms with E-state index in [1.165, 1.54) is 20.2 Å². The van der Waals surface area contributed by atoms with Crippen LogP contribution < -0.4 is 4.90 Å². The Morgan fingerprint density at radius 2 is 1.08 bits per heavy atom. The summed E-state index contributed by atoms with van der Waals surface area (Å²) in [5.41, 5.74) is 9.67. The van der Waals surface area contributed by atoms with Crippen LogP contribution in [0.25, 0.3) is 75.8 Å². The van der Waals surface area contributed by atoms with Crippen molar-refractivity contribution in [1.29, 1.82) is 0 Å². The van der Waals surface area contributed by atoms with Crippen LogP contribution in [0.2, 0.25) is 0 Å². The number of rotatable bonds is 5. The van der Waals surface area contributed by atoms with E-state index in [9.17, 15) is 0 Å². The van der Waals surface area contributed by atoms with Gasteiger partial charge in [-0.3, -0.25) is 0 Å². The lowest BCUT2D eigenvalue weighted by atomic mass is 10.0. The van der Waals surface area contributed by atoms with Gasteiger partial charge in [0, 0.05) is 59.6 Å². The number of nitrogens with zero attached hydrogens (tertiary/aromatic N) is 2. The lowest BCUT2D eigenvalue weighted by Gasteiger charge is -2.25. The summed E-state index contributed by atoms with van der Waals surface area (Å²) in [7, 11) is 0. The van der Waals surface area contributed by atoms with Gasteiger partial charge in [-0.2, -0.15) is 0 Å². The lowest BCUT2D eigenvalue weighted by Crippen LogP contribution is -2.09. The first-order valence-corrected chi connectivity index (χ1v) is 16.8. The Kier molecular flexibility index (Phi) is 6.01. The number of benzene rings is 7. The van der Waals surface area contributed by atoms with Gasteiger partial charge in [-0.15, -0.1) is 11.3 Å². The second-order valence-electron chi connectivity index (χ2n) is 12.0. The molecule has 0 aliphatic rings. The minimum Gasteiger partial charge on any atom is -0.456 e. The van der Waals surface area contributed by atoms with Crippen LogP contribution in [0.3, 0.4) is 0 Å². The summed E-state index contributed by atoms with van der Waals surface area (Å²) >= 11 is 1.84. The second-order valence-corrected chi connectivity index (χ2v) is 13.1. The Hall–Kier alpha value is -6.17. The maximum Gasteiger partial charge on any atom is 0.227 e. The number of aromatic nitrogens is 1. The molecule has 0 spiro atoms. The molecule has 7 aromatic carbocycles. The molecular formula is C43H26N2O2S. The molecule has 0 bridgehead atoms. The first kappa shape index (κ1) is 27.0. The summed E-state index contributed by atoms with van der Waals surface area (Å²) in [4.78, 5) is 7.09. The highest BCUT2D eigenvalue weighted by molar-refractivity contribution is 7.25. The van der Waals surface area contributed by atoms with Gasteiger partial charge < -0.3 is 13.7 Å². The van der Waals surface area contributed by atoms with E-state index in [1.807, 2.05) is 47.7 Å². The van der Waals surface area contributed by atoms with Crippen molar-refractivity contribution in [3.05, 3.63) is 158 Å². The zero-order valence-electron chi connectivity index (χ0n) is 25.6. The Labute approximate surface area is 279 Å². The summed E-state index contributed by atoms with van der Waals surface area (Å²) in [6, 6.07) is 55.2. The van der Waals surface area contributed by atoms with Gasteiger partial charge in [0.25, 0.3) is 0 Å². The number of oxazole rings is 1. The van der Waals surface area contributed by atoms with Crippen LogP contribution in [0.5, 0.6) is 0 Å². The topological polar surface area (TPSA) is 42.4 Å². The summed E-state index contributed by atoms with van der Waals surface area (Å²) < 4.78 is 15.1. The van der Waals surface area contributed by atoms with Crippen molar-refractivity contribution in [1.82, 2.24) is 4.98 Å². The molecule has 10 rings (SSSR count). The summed E-state index contributed by atoms with van der Waals surface area (Å²) in [5, 5.41) is 4.69. The number of fused-ring (bicyclic) bond motifs is 7. The molecule has 3 heterocycles. The number of para-hydroxylation sites is 1. The highest BCUT2D eigenvalue weighted by Gasteiger charge is 2.17. The number of thiophene rings is 1. The van der Waals surface area contributed by atoms with Crippen molar-refractivity contribution >= 4 is 81.6 Å². The van der Waals surface area contributed by atoms with Crippen molar-refractivity contribution in [2.45, 2.75) is 0 Å². The molecule has 4 nitrogen and oxygen atoms in total. The summed E-state index contributed by atoms with van der Waals surface area (Å²) in [5.74, 6) is 0.611. The summed E-state index contributed by atoms with van der Waals surface area (Å²) in [6.45, 7) is 0. The minimum atomic E-state index is 0.611. The van der Waals surface area contributed by atoms with Crippen LogP contribution in [0.15, 0.2) is 167 Å². The van der Waals surface area contributed by atoms with E-state index < -0.39 is 0 Å². The highest BCUT2D eigenvalue weighted by Crippen LogP contribution is 2.41. The molecule has 0 saturated heterocycles. The fraction of sp³-hybridized carbons (Fsp3) is 0. The second kappa shape index (κ2) is 10.7. The Bertz CT molecular complexity index is 2780. The lowest BCUT2D eigenvalue weighted by molar-refractivity contribution is 0.617. The standard InChI is InChI=1S/C43H26N2O2S/c1-3-9-28(10-4-1)43-44-37-25-36-33-21-17-29(23-38(33)46-39(36)26-40(37)47-43)27-15-18-31(19-16-27)45(30-11-5-2-6-12-30)32-20-22-35-34-13-7-8-14-41(34)48-42(35)24-32/h1-26H. The quantitative estimate of drug-likeness (QED) is 0.189. The van der Waals surface area contributed by atoms with Crippen molar-refractivity contribution in [2.75, 3.05) is 4.90 Å². The number of anilines is 3. The predicted molar refractivity (Wildman–Crippen MR) is 200 cm³/mol. The Morgan fingerprint density at radius 3 is 1.94 bits per heavy atom. The molecule has 0 amide bonds. The maximum atomic E-state index is 6.38. The Morgan fingerprint density at radius 1 is 0.417 bits per heavy atom. The smallest absolute Gasteiger partial charge is 0.227 e. The van der Waals surface area contributed by atoms with Crippen molar-refractivity contribution in [2.24, 2.45) is 0 Å². The van der Waals surface area contributed by atoms with Gasteiger partial charge >= 0.3 is 0 Å². The number of hydrogen-bond acceptors (Lipinski definition) is 5. The molecule has 0 fully saturated rings. The van der Waals surface area contributed by atoms with E-state index in [0.717, 1.165) is 61.2 Å². The molecule has 0 saturated carbocycles. The van der Waals surface area contributed by atoms with Gasteiger partial charge in [0.05, 0.1) is 0 Å². The molecule has 226 valence electrons. The SMILES string of the molecule is c1ccc(-c2nc3cc4c(cc3o2)oc2cc(-c3ccc(N(c5ccccc5)c5ccc6c(c5)sc5ccccc56)cc3)ccc24)cc1. The van der Waals surface area contributed by atoms with Crippen molar-refractivity contribution in [3.8, 4) is 22.6 Å². The summed E-state index contributed by atoms with van der Waals surface area (Å²) in [6.07, 6.45) is 0. The maximum absolute atomic E-state index is 6.38. The van der Waals surface area contributed by atoms with E-state index in [-0.39, 0.29) is 0 Å². The van der Waals surface area contributed by atoms with E-state index in [4.69, 9.17) is 13.8 Å². The molecule has 0 aliphatic carbocycles. The average Bonchev–Trinajstić information content (AvgIpc) is 3.84. The molecule has 0 N–H and O–H groups in total. The molecule has 3 aromatic heterocycles. The molecule has 48 heavy (non-hydrogen) atoms. The molecule has 10 aromatic rings. The van der Waals surface area contributed by atoms with Crippen LogP contribution in [-0.4, -0.2) is 4.98 Å². The van der Waals surface area contributed by atoms with Gasteiger partial charge in [0.15, 0.2) is 5.58 Å². The largest absolute Gasteiger partial charge is 0.456 e. The highest BCUT2D eigenvalue weighted by atomic mass is 32.1. The average molecular weight is 635 g/mol. The molecule has 0 unspecified atom stereocenters. The monoisotopic (exact) mass is 634 g/mol. The minimum absolute atomic E-state index is 0.611. The molecule has 0 atom stereocenters. The van der Waals surface area contributed by atoms with Crippen LogP contribution in [0.1, 0.15) is 0 Å². The van der Waals surface area contributed by atoms with Gasteiger partial charge in [-0.25, -0.2) is 4.98 Å². The number of hydrogen-bond donors (Lipinski definition) is 0. The first-order valence-electron chi connectivity index (χ1n) is 15.9. The fourth-order valence-electron chi connectivity index (χ4n) is 6.76. The fourth-order valence-corrected chi connectivity index (χ4v) is 7.90. The predicted octanol–water partition coefficient (Wildman–Crippen LogP) is 12.9. The van der Waals surface area contributed by atoms with Crippen molar-refractivity contribution < 1.29 is 8.83 Å². The molecular weight excluding hydrogens is 609 g/mol. The van der Waals surface area contributed by atoms with E-state index in [0.29, 0.717) is 11.5 Å². The van der Waals surface area contributed by atoms with Crippen LogP contribution in [0.4, 0.5) is 17.1 Å². The van der Waals surface area contributed by atoms with Crippen molar-refractivity contribution in [3.63, 3.8) is 0 Å². The van der Waals surface area contributed by atoms with E-state index in [2.05, 4.69) is 126 Å². The molecule has 0 aliphatic heterocycles. The van der Waals surface area contributed by atoms with E-state index in [1.54, 1.807) is 0 Å². The van der Waals surface area contributed by atoms with Gasteiger partial charge in [-0.05, 0) is 83.9 Å². The first-order chi connectivity index (χ1) is 23.7. The van der Waals surface area contributed by atoms with Gasteiger partial charge in [0.1, 0.15) is 16.7 Å². The normalized spacial score (nSPS) is 11.8. The Balaban J connectivity index is 1.01. The third-order valence-electron chi connectivity index (χ3n) is 9.10. The van der Waals surface area contributed by atoms with Gasteiger partial charge in [0.2, 0.25) is 5.89 Å². The third kappa shape index (κ3) is 4.40. The van der Waals surface area contributed by atoms with Gasteiger partial charge in [-0.1, -0.05) is 78.9 Å².